The first-order valence-electron chi connectivity index (χ1n) is 25.3. The van der Waals surface area contributed by atoms with E-state index < -0.39 is 41.2 Å². The molecule has 70 heavy (non-hydrogen) atoms. The van der Waals surface area contributed by atoms with Gasteiger partial charge in [-0.15, -0.1) is 0 Å². The van der Waals surface area contributed by atoms with E-state index in [9.17, 15) is 14.4 Å². The van der Waals surface area contributed by atoms with E-state index in [0.29, 0.717) is 50.3 Å². The first-order chi connectivity index (χ1) is 33.2. The van der Waals surface area contributed by atoms with Crippen molar-refractivity contribution in [3.63, 3.8) is 0 Å². The molecule has 0 saturated carbocycles. The Morgan fingerprint density at radius 1 is 0.814 bits per heavy atom. The van der Waals surface area contributed by atoms with Crippen LogP contribution >= 0.6 is 0 Å². The summed E-state index contributed by atoms with van der Waals surface area (Å²) >= 11 is 0. The summed E-state index contributed by atoms with van der Waals surface area (Å²) in [7, 11) is 1.72. The maximum Gasteiger partial charge on any atom is 0.410 e. The van der Waals surface area contributed by atoms with Crippen LogP contribution in [-0.4, -0.2) is 127 Å². The van der Waals surface area contributed by atoms with E-state index in [1.807, 2.05) is 69.2 Å². The van der Waals surface area contributed by atoms with Gasteiger partial charge >= 0.3 is 12.2 Å². The van der Waals surface area contributed by atoms with Crippen LogP contribution in [0.2, 0.25) is 0 Å². The Hall–Kier alpha value is -4.30. The van der Waals surface area contributed by atoms with Crippen molar-refractivity contribution in [2.45, 2.75) is 177 Å². The van der Waals surface area contributed by atoms with Gasteiger partial charge in [-0.1, -0.05) is 59.7 Å². The van der Waals surface area contributed by atoms with Gasteiger partial charge in [0.25, 0.3) is 5.92 Å². The zero-order valence-corrected chi connectivity index (χ0v) is 44.8. The average molecular weight is 1000 g/mol. The number of ether oxygens (including phenoxy) is 6. The van der Waals surface area contributed by atoms with Gasteiger partial charge < -0.3 is 54.6 Å². The number of likely N-dealkylation sites (tertiary alicyclic amines) is 1. The van der Waals surface area contributed by atoms with Gasteiger partial charge in [0.2, 0.25) is 5.91 Å². The molecular weight excluding hydrogens is 912 g/mol. The van der Waals surface area contributed by atoms with Gasteiger partial charge in [0.05, 0.1) is 36.5 Å². The van der Waals surface area contributed by atoms with Crippen molar-refractivity contribution in [3.8, 4) is 0 Å². The maximum atomic E-state index is 15.8. The summed E-state index contributed by atoms with van der Waals surface area (Å²) in [6.45, 7) is 28.9. The second-order valence-corrected chi connectivity index (χ2v) is 18.2. The number of benzene rings is 1. The number of aromatic nitrogens is 2. The number of nitrogens with two attached hydrogens (primary N) is 1. The summed E-state index contributed by atoms with van der Waals surface area (Å²) in [5.41, 5.74) is 4.58. The fraction of sp³-hybridized carbons (Fsp3) is 0.745. The van der Waals surface area contributed by atoms with Crippen molar-refractivity contribution < 1.29 is 56.0 Å². The minimum Gasteiger partial charge on any atom is -0.444 e. The Kier molecular flexibility index (Phi) is 29.7. The highest BCUT2D eigenvalue weighted by molar-refractivity contribution is 5.79. The first-order valence-corrected chi connectivity index (χ1v) is 25.3. The van der Waals surface area contributed by atoms with Crippen LogP contribution < -0.4 is 16.4 Å². The van der Waals surface area contributed by atoms with Gasteiger partial charge in [-0.05, 0) is 87.0 Å². The molecule has 0 atom stereocenters. The highest BCUT2D eigenvalue weighted by atomic mass is 19.3. The number of hydrogen-bond donors (Lipinski definition) is 3. The lowest BCUT2D eigenvalue weighted by atomic mass is 9.85. The van der Waals surface area contributed by atoms with Crippen molar-refractivity contribution in [1.29, 1.82) is 0 Å². The fourth-order valence-corrected chi connectivity index (χ4v) is 7.07. The molecule has 5 heterocycles. The van der Waals surface area contributed by atoms with Crippen LogP contribution in [0.1, 0.15) is 157 Å². The number of anilines is 1. The molecule has 0 aliphatic carbocycles. The van der Waals surface area contributed by atoms with E-state index >= 15 is 13.2 Å². The predicted octanol–water partition coefficient (Wildman–Crippen LogP) is 9.93. The number of nitrogens with zero attached hydrogens (tertiary/aromatic N) is 4. The van der Waals surface area contributed by atoms with Gasteiger partial charge in [-0.2, -0.15) is 0 Å². The molecule has 0 spiro atoms. The van der Waals surface area contributed by atoms with Gasteiger partial charge in [0.15, 0.2) is 6.29 Å². The zero-order valence-electron chi connectivity index (χ0n) is 44.8. The lowest BCUT2D eigenvalue weighted by Gasteiger charge is -2.36. The zero-order chi connectivity index (χ0) is 53.1. The van der Waals surface area contributed by atoms with Gasteiger partial charge in [0.1, 0.15) is 29.2 Å². The normalized spacial score (nSPS) is 16.9. The van der Waals surface area contributed by atoms with E-state index in [4.69, 9.17) is 34.2 Å². The third kappa shape index (κ3) is 22.4. The lowest BCUT2D eigenvalue weighted by molar-refractivity contribution is -0.121. The van der Waals surface area contributed by atoms with Crippen LogP contribution in [0, 0.1) is 11.7 Å². The topological polar surface area (TPSA) is 189 Å². The fourth-order valence-electron chi connectivity index (χ4n) is 7.07. The van der Waals surface area contributed by atoms with Crippen LogP contribution in [0.15, 0.2) is 24.5 Å². The lowest BCUT2D eigenvalue weighted by Crippen LogP contribution is -2.44. The summed E-state index contributed by atoms with van der Waals surface area (Å²) in [6, 6.07) is 4.35. The van der Waals surface area contributed by atoms with Gasteiger partial charge in [-0.3, -0.25) is 4.79 Å². The molecule has 4 N–H and O–H groups in total. The molecule has 2 aromatic rings. The number of piperidine rings is 1. The summed E-state index contributed by atoms with van der Waals surface area (Å²) in [4.78, 5) is 47.9. The molecule has 16 nitrogen and oxygen atoms in total. The minimum absolute atomic E-state index is 0.00469. The molecule has 4 aliphatic rings. The number of amides is 3. The molecule has 4 aliphatic heterocycles. The monoisotopic (exact) mass is 1000 g/mol. The van der Waals surface area contributed by atoms with E-state index in [2.05, 4.69) is 20.6 Å². The summed E-state index contributed by atoms with van der Waals surface area (Å²) in [6.07, 6.45) is 3.10. The second kappa shape index (κ2) is 32.6. The average Bonchev–Trinajstić information content (AvgIpc) is 3.88. The minimum atomic E-state index is -3.46. The Morgan fingerprint density at radius 3 is 1.86 bits per heavy atom. The SMILES string of the molecule is CC.CC.CC.CC(C)(C)OC(=O)N1CCC(C(F)(F)c2cccc(CNc3ncnc(CC(=O)NC4CCOCC4)c3C3OCCO3)c2F)CC1.CCN(C)C(=O)OC(C)(C)C.NC1CCOCC1. The Labute approximate surface area is 417 Å². The number of nitrogens with one attached hydrogen (secondary N) is 2. The van der Waals surface area contributed by atoms with Crippen molar-refractivity contribution in [2.75, 3.05) is 71.6 Å². The van der Waals surface area contributed by atoms with Crippen molar-refractivity contribution >= 4 is 23.9 Å². The second-order valence-electron chi connectivity index (χ2n) is 18.2. The summed E-state index contributed by atoms with van der Waals surface area (Å²) in [5.74, 6) is -5.61. The molecule has 0 bridgehead atoms. The quantitative estimate of drug-likeness (QED) is 0.204. The van der Waals surface area contributed by atoms with Crippen molar-refractivity contribution in [2.24, 2.45) is 11.7 Å². The van der Waals surface area contributed by atoms with E-state index in [1.165, 1.54) is 28.3 Å². The van der Waals surface area contributed by atoms with Crippen molar-refractivity contribution in [1.82, 2.24) is 25.1 Å². The molecule has 19 heteroatoms. The smallest absolute Gasteiger partial charge is 0.410 e. The largest absolute Gasteiger partial charge is 0.444 e. The van der Waals surface area contributed by atoms with Gasteiger partial charge in [-0.25, -0.2) is 32.7 Å². The molecular formula is C51H88F3N7O9. The molecule has 0 radical (unpaired) electrons. The van der Waals surface area contributed by atoms with Crippen LogP contribution in [0.4, 0.5) is 28.6 Å². The number of carbonyl (C=O) groups excluding carboxylic acids is 3. The molecule has 4 saturated heterocycles. The van der Waals surface area contributed by atoms with Crippen LogP contribution in [-0.2, 0) is 52.1 Å². The van der Waals surface area contributed by atoms with E-state index in [0.717, 1.165) is 45.0 Å². The molecule has 402 valence electrons. The highest BCUT2D eigenvalue weighted by Gasteiger charge is 2.45. The Bertz CT molecular complexity index is 1790. The van der Waals surface area contributed by atoms with Crippen LogP contribution in [0.25, 0.3) is 0 Å². The Balaban J connectivity index is 0.000000843. The molecule has 1 aromatic carbocycles. The van der Waals surface area contributed by atoms with Crippen LogP contribution in [0.5, 0.6) is 0 Å². The standard InChI is InChI=1S/C32H42F3N5O6.C8H17NO2.C5H11NO.3C2H6/c1-31(2,3)46-30(42)40-11-7-21(8-12-40)32(34,35)23-6-4-5-20(27(23)33)18-36-28-26(29-44-15-16-45-29)24(37-19-38-28)17-25(41)39-22-9-13-43-14-10-22;1-6-9(5)7(10)11-8(2,3)4;6-5-1-3-7-4-2-5;3*1-2/h4-6,19,21-22,29H,7-18H2,1-3H3,(H,39,41)(H,36,37,38);6H2,1-5H3;5H,1-4,6H2;3*1-2H3. The van der Waals surface area contributed by atoms with Crippen LogP contribution in [0.3, 0.4) is 0 Å². The molecule has 6 rings (SSSR count). The first kappa shape index (κ1) is 63.7. The van der Waals surface area contributed by atoms with Crippen molar-refractivity contribution in [3.05, 3.63) is 52.7 Å². The third-order valence-corrected chi connectivity index (χ3v) is 10.7. The van der Waals surface area contributed by atoms with E-state index in [-0.39, 0.29) is 73.9 Å². The summed E-state index contributed by atoms with van der Waals surface area (Å²) < 4.78 is 79.5. The number of hydrogen-bond acceptors (Lipinski definition) is 13. The number of alkyl halides is 2. The number of halogens is 3. The van der Waals surface area contributed by atoms with E-state index in [1.54, 1.807) is 27.8 Å². The van der Waals surface area contributed by atoms with Gasteiger partial charge in [0, 0.05) is 83.2 Å². The number of rotatable bonds is 10. The molecule has 3 amide bonds. The summed E-state index contributed by atoms with van der Waals surface area (Å²) in [5, 5.41) is 6.04. The number of carbonyl (C=O) groups is 3. The molecule has 1 aromatic heterocycles. The molecule has 0 unspecified atom stereocenters. The maximum absolute atomic E-state index is 15.8. The Morgan fingerprint density at radius 2 is 1.36 bits per heavy atom. The predicted molar refractivity (Wildman–Crippen MR) is 267 cm³/mol. The highest BCUT2D eigenvalue weighted by Crippen LogP contribution is 2.43. The third-order valence-electron chi connectivity index (χ3n) is 10.7. The molecule has 4 fully saturated rings.